The molecule has 2 aromatic rings. The molecule has 0 saturated heterocycles. The molecule has 2 fully saturated rings. The number of ether oxygens (including phenoxy) is 1. The lowest BCUT2D eigenvalue weighted by molar-refractivity contribution is -0.138. The minimum atomic E-state index is -4.50. The molecule has 0 aromatic heterocycles. The Morgan fingerprint density at radius 1 is 1.12 bits per heavy atom. The number of halogens is 3. The maximum Gasteiger partial charge on any atom is 0.420 e. The predicted octanol–water partition coefficient (Wildman–Crippen LogP) is 6.91. The second kappa shape index (κ2) is 9.28. The van der Waals surface area contributed by atoms with Crippen molar-refractivity contribution in [1.82, 2.24) is 5.32 Å². The molecule has 1 N–H and O–H groups in total. The third-order valence-corrected chi connectivity index (χ3v) is 7.99. The highest BCUT2D eigenvalue weighted by Gasteiger charge is 2.47. The smallest absolute Gasteiger partial charge is 0.420 e. The molecule has 0 heterocycles. The van der Waals surface area contributed by atoms with E-state index in [9.17, 15) is 18.0 Å². The topological polar surface area (TPSA) is 38.3 Å². The van der Waals surface area contributed by atoms with Gasteiger partial charge in [0.25, 0.3) is 0 Å². The highest BCUT2D eigenvalue weighted by Crippen LogP contribution is 2.48. The Morgan fingerprint density at radius 2 is 1.82 bits per heavy atom. The number of rotatable bonds is 7. The molecule has 2 aliphatic rings. The molecule has 0 spiro atoms. The minimum Gasteiger partial charge on any atom is -0.490 e. The number of carbonyl (C=O) groups is 1. The zero-order chi connectivity index (χ0) is 23.8. The van der Waals surface area contributed by atoms with Gasteiger partial charge < -0.3 is 14.8 Å². The molecule has 0 bridgehead atoms. The summed E-state index contributed by atoms with van der Waals surface area (Å²) in [5.74, 6) is 0.896. The summed E-state index contributed by atoms with van der Waals surface area (Å²) in [4.78, 5) is 10.9. The van der Waals surface area contributed by atoms with Gasteiger partial charge in [0, 0.05) is 19.0 Å². The van der Waals surface area contributed by atoms with E-state index in [0.29, 0.717) is 30.2 Å². The molecular weight excluding hydrogens is 427 g/mol. The van der Waals surface area contributed by atoms with Gasteiger partial charge in [-0.2, -0.15) is 13.2 Å². The molecule has 2 saturated carbocycles. The average Bonchev–Trinajstić information content (AvgIpc) is 2.76. The lowest BCUT2D eigenvalue weighted by Gasteiger charge is -2.52. The Labute approximate surface area is 194 Å². The first-order valence-corrected chi connectivity index (χ1v) is 12.1. The van der Waals surface area contributed by atoms with Crippen molar-refractivity contribution < 1.29 is 22.7 Å². The number of aldehydes is 1. The van der Waals surface area contributed by atoms with Gasteiger partial charge in [0.2, 0.25) is 0 Å². The van der Waals surface area contributed by atoms with E-state index in [4.69, 9.17) is 4.74 Å². The number of alkyl halides is 3. The molecule has 0 amide bonds. The normalized spacial score (nSPS) is 27.2. The monoisotopic (exact) mass is 461 g/mol. The lowest BCUT2D eigenvalue weighted by Crippen LogP contribution is -2.56. The second-order valence-electron chi connectivity index (χ2n) is 10.6. The van der Waals surface area contributed by atoms with Gasteiger partial charge in [-0.05, 0) is 77.8 Å². The average molecular weight is 462 g/mol. The van der Waals surface area contributed by atoms with Gasteiger partial charge in [0.15, 0.2) is 0 Å². The van der Waals surface area contributed by atoms with Crippen LogP contribution in [-0.2, 0) is 17.5 Å². The van der Waals surface area contributed by atoms with E-state index in [2.05, 4.69) is 26.1 Å². The second-order valence-corrected chi connectivity index (χ2v) is 10.6. The summed E-state index contributed by atoms with van der Waals surface area (Å²) < 4.78 is 48.5. The molecule has 33 heavy (non-hydrogen) atoms. The van der Waals surface area contributed by atoms with Crippen LogP contribution in [0.1, 0.15) is 70.4 Å². The van der Waals surface area contributed by atoms with Gasteiger partial charge in [-0.25, -0.2) is 0 Å². The summed E-state index contributed by atoms with van der Waals surface area (Å²) in [6.07, 6.45) is 1.33. The highest BCUT2D eigenvalue weighted by molar-refractivity contribution is 5.89. The van der Waals surface area contributed by atoms with Crippen molar-refractivity contribution in [3.8, 4) is 5.75 Å². The van der Waals surface area contributed by atoms with E-state index in [-0.39, 0.29) is 28.7 Å². The minimum absolute atomic E-state index is 0.00656. The van der Waals surface area contributed by atoms with Crippen molar-refractivity contribution in [1.29, 1.82) is 0 Å². The van der Waals surface area contributed by atoms with Crippen LogP contribution in [0.3, 0.4) is 0 Å². The van der Waals surface area contributed by atoms with Crippen LogP contribution < -0.4 is 10.1 Å². The predicted molar refractivity (Wildman–Crippen MR) is 124 cm³/mol. The van der Waals surface area contributed by atoms with E-state index in [0.717, 1.165) is 44.0 Å². The fourth-order valence-electron chi connectivity index (χ4n) is 5.49. The number of hydrogen-bond acceptors (Lipinski definition) is 3. The molecule has 2 atom stereocenters. The van der Waals surface area contributed by atoms with Crippen LogP contribution >= 0.6 is 0 Å². The van der Waals surface area contributed by atoms with Crippen LogP contribution in [0.4, 0.5) is 13.2 Å². The molecule has 0 unspecified atom stereocenters. The zero-order valence-electron chi connectivity index (χ0n) is 19.7. The first-order chi connectivity index (χ1) is 15.6. The van der Waals surface area contributed by atoms with Gasteiger partial charge in [-0.3, -0.25) is 0 Å². The Bertz CT molecular complexity index is 993. The van der Waals surface area contributed by atoms with Crippen molar-refractivity contribution in [3.63, 3.8) is 0 Å². The van der Waals surface area contributed by atoms with Crippen LogP contribution in [0.2, 0.25) is 0 Å². The molecule has 2 aliphatic carbocycles. The van der Waals surface area contributed by atoms with E-state index < -0.39 is 11.7 Å². The Hall–Kier alpha value is -2.08. The van der Waals surface area contributed by atoms with Crippen molar-refractivity contribution in [2.75, 3.05) is 0 Å². The Kier molecular flexibility index (Phi) is 6.77. The molecule has 0 aliphatic heterocycles. The maximum atomic E-state index is 14.2. The number of nitrogens with one attached hydrogen (secondary N) is 1. The van der Waals surface area contributed by atoms with Crippen LogP contribution in [-0.4, -0.2) is 18.4 Å². The molecule has 3 nitrogen and oxygen atoms in total. The standard InChI is InChI=1S/C27H34F3NO2/c1-17-4-9-21(10-5-17)33-23-11-8-19-7-6-18(14-22(19)25(23)27(28,29)30)16-31-24-15-20(12-13-32)26(24,2)3/h6-8,11,13-14,17,20-21,24,31H,4-5,9-10,12,15-16H2,1-3H3/t17?,20-,21?,24+/m1/s1. The van der Waals surface area contributed by atoms with Crippen LogP contribution in [0.25, 0.3) is 10.8 Å². The number of carbonyl (C=O) groups excluding carboxylic acids is 1. The first kappa shape index (κ1) is 24.1. The third kappa shape index (κ3) is 5.06. The summed E-state index contributed by atoms with van der Waals surface area (Å²) >= 11 is 0. The lowest BCUT2D eigenvalue weighted by atomic mass is 9.57. The Morgan fingerprint density at radius 3 is 2.45 bits per heavy atom. The summed E-state index contributed by atoms with van der Waals surface area (Å²) in [5.41, 5.74) is 0.134. The number of fused-ring (bicyclic) bond motifs is 1. The summed E-state index contributed by atoms with van der Waals surface area (Å²) in [5, 5.41) is 4.24. The molecule has 0 radical (unpaired) electrons. The zero-order valence-corrected chi connectivity index (χ0v) is 19.7. The molecule has 180 valence electrons. The first-order valence-electron chi connectivity index (χ1n) is 12.1. The van der Waals surface area contributed by atoms with E-state index in [1.165, 1.54) is 6.07 Å². The quantitative estimate of drug-likeness (QED) is 0.455. The molecule has 2 aromatic carbocycles. The van der Waals surface area contributed by atoms with Crippen LogP contribution in [0, 0.1) is 17.3 Å². The molecule has 4 rings (SSSR count). The summed E-state index contributed by atoms with van der Waals surface area (Å²) in [7, 11) is 0. The van der Waals surface area contributed by atoms with E-state index in [1.807, 2.05) is 6.07 Å². The van der Waals surface area contributed by atoms with Gasteiger partial charge in [0.05, 0.1) is 6.10 Å². The Balaban J connectivity index is 1.56. The van der Waals surface area contributed by atoms with Crippen LogP contribution in [0.15, 0.2) is 30.3 Å². The third-order valence-electron chi connectivity index (χ3n) is 7.99. The van der Waals surface area contributed by atoms with Gasteiger partial charge in [-0.15, -0.1) is 0 Å². The number of benzene rings is 2. The van der Waals surface area contributed by atoms with Crippen molar-refractivity contribution in [2.45, 2.75) is 84.2 Å². The van der Waals surface area contributed by atoms with E-state index in [1.54, 1.807) is 18.2 Å². The fraction of sp³-hybridized carbons (Fsp3) is 0.593. The largest absolute Gasteiger partial charge is 0.490 e. The van der Waals surface area contributed by atoms with Crippen molar-refractivity contribution in [2.24, 2.45) is 17.3 Å². The van der Waals surface area contributed by atoms with Gasteiger partial charge >= 0.3 is 6.18 Å². The molecular formula is C27H34F3NO2. The summed E-state index contributed by atoms with van der Waals surface area (Å²) in [6, 6.07) is 8.73. The maximum absolute atomic E-state index is 14.2. The summed E-state index contributed by atoms with van der Waals surface area (Å²) in [6.45, 7) is 6.94. The number of hydrogen-bond donors (Lipinski definition) is 1. The highest BCUT2D eigenvalue weighted by atomic mass is 19.4. The SMILES string of the molecule is CC1CCC(Oc2ccc3ccc(CN[C@H]4C[C@@H](CC=O)C4(C)C)cc3c2C(F)(F)F)CC1. The van der Waals surface area contributed by atoms with Gasteiger partial charge in [-0.1, -0.05) is 39.0 Å². The van der Waals surface area contributed by atoms with Crippen LogP contribution in [0.5, 0.6) is 5.75 Å². The van der Waals surface area contributed by atoms with E-state index >= 15 is 0 Å². The van der Waals surface area contributed by atoms with Gasteiger partial charge in [0.1, 0.15) is 17.6 Å². The fourth-order valence-corrected chi connectivity index (χ4v) is 5.49. The molecule has 6 heteroatoms. The van der Waals surface area contributed by atoms with Crippen molar-refractivity contribution >= 4 is 17.1 Å². The van der Waals surface area contributed by atoms with Crippen molar-refractivity contribution in [3.05, 3.63) is 41.5 Å².